The number of nitrogens with two attached hydrogens (primary N) is 1. The number of anilines is 1. The predicted octanol–water partition coefficient (Wildman–Crippen LogP) is -1.33. The number of aliphatic hydroxyl groups excluding tert-OH is 3. The van der Waals surface area contributed by atoms with Crippen LogP contribution < -0.4 is 16.4 Å². The van der Waals surface area contributed by atoms with E-state index in [1.165, 1.54) is 32.2 Å². The Morgan fingerprint density at radius 1 is 1.17 bits per heavy atom. The number of aliphatic hydroxyl groups is 4. The Kier molecular flexibility index (Phi) is 7.88. The molecule has 0 spiro atoms. The molecule has 0 radical (unpaired) electrons. The second-order valence-corrected chi connectivity index (χ2v) is 10.7. The number of primary amides is 1. The number of aromatic hydroxyl groups is 1. The largest absolute Gasteiger partial charge is 0.508 e. The molecule has 0 aromatic heterocycles. The van der Waals surface area contributed by atoms with Crippen molar-refractivity contribution >= 4 is 34.8 Å². The Morgan fingerprint density at radius 3 is 2.41 bits per heavy atom. The van der Waals surface area contributed by atoms with Crippen LogP contribution in [-0.4, -0.2) is 112 Å². The van der Waals surface area contributed by atoms with Crippen LogP contribution in [-0.2, 0) is 23.9 Å². The van der Waals surface area contributed by atoms with E-state index in [0.29, 0.717) is 12.2 Å². The van der Waals surface area contributed by atoms with Crippen LogP contribution in [0, 0.1) is 11.8 Å². The lowest BCUT2D eigenvalue weighted by Crippen LogP contribution is -2.70. The van der Waals surface area contributed by atoms with E-state index in [4.69, 9.17) is 10.5 Å². The van der Waals surface area contributed by atoms with E-state index in [0.717, 1.165) is 0 Å². The number of carbonyl (C=O) groups is 4. The van der Waals surface area contributed by atoms with Crippen LogP contribution in [0.1, 0.15) is 24.0 Å². The third-order valence-corrected chi connectivity index (χ3v) is 8.20. The zero-order valence-corrected chi connectivity index (χ0v) is 23.0. The van der Waals surface area contributed by atoms with Crippen LogP contribution in [0.4, 0.5) is 5.69 Å². The maximum Gasteiger partial charge on any atom is 0.255 e. The van der Waals surface area contributed by atoms with Gasteiger partial charge in [-0.25, -0.2) is 0 Å². The zero-order chi connectivity index (χ0) is 30.5. The second kappa shape index (κ2) is 10.8. The number of carbonyl (C=O) groups excluding carboxylic acids is 4. The van der Waals surface area contributed by atoms with Gasteiger partial charge in [-0.15, -0.1) is 0 Å². The fourth-order valence-corrected chi connectivity index (χ4v) is 6.29. The fourth-order valence-electron chi connectivity index (χ4n) is 6.29. The molecule has 1 aromatic rings. The highest BCUT2D eigenvalue weighted by Crippen LogP contribution is 2.56. The lowest BCUT2D eigenvalue weighted by molar-refractivity contribution is -0.169. The summed E-state index contributed by atoms with van der Waals surface area (Å²) in [7, 11) is 4.36. The second-order valence-electron chi connectivity index (χ2n) is 10.7. The molecule has 1 fully saturated rings. The molecule has 0 saturated heterocycles. The van der Waals surface area contributed by atoms with Gasteiger partial charge in [0.15, 0.2) is 11.4 Å². The molecule has 3 aliphatic rings. The summed E-state index contributed by atoms with van der Waals surface area (Å²) in [4.78, 5) is 52.7. The number of phenols is 1. The van der Waals surface area contributed by atoms with Crippen molar-refractivity contribution in [1.29, 1.82) is 0 Å². The van der Waals surface area contributed by atoms with E-state index in [1.807, 2.05) is 0 Å². The fraction of sp³-hybridized carbons (Fsp3) is 0.481. The molecule has 0 aliphatic heterocycles. The highest BCUT2D eigenvalue weighted by molar-refractivity contribution is 6.24. The Morgan fingerprint density at radius 2 is 1.83 bits per heavy atom. The van der Waals surface area contributed by atoms with Gasteiger partial charge < -0.3 is 46.6 Å². The zero-order valence-electron chi connectivity index (χ0n) is 23.0. The number of ether oxygens (including phenoxy) is 1. The number of ketones is 2. The van der Waals surface area contributed by atoms with Crippen LogP contribution in [0.25, 0.3) is 5.76 Å². The Bertz CT molecular complexity index is 1390. The van der Waals surface area contributed by atoms with Crippen molar-refractivity contribution in [3.05, 3.63) is 40.2 Å². The third kappa shape index (κ3) is 4.43. The average molecular weight is 575 g/mol. The van der Waals surface area contributed by atoms with E-state index >= 15 is 0 Å². The number of Topliss-reactive ketones (excluding diaryl/α,β-unsaturated/α-hetero) is 2. The van der Waals surface area contributed by atoms with Gasteiger partial charge >= 0.3 is 0 Å². The van der Waals surface area contributed by atoms with Gasteiger partial charge in [0, 0.05) is 25.1 Å². The molecule has 222 valence electrons. The minimum Gasteiger partial charge on any atom is -0.508 e. The number of methoxy groups -OCH3 is 1. The molecule has 0 unspecified atom stereocenters. The summed E-state index contributed by atoms with van der Waals surface area (Å²) in [6, 6.07) is 1.59. The lowest BCUT2D eigenvalue weighted by Gasteiger charge is -2.53. The van der Waals surface area contributed by atoms with Crippen LogP contribution in [0.15, 0.2) is 29.0 Å². The predicted molar refractivity (Wildman–Crippen MR) is 144 cm³/mol. The number of hydrogen-bond acceptors (Lipinski definition) is 12. The highest BCUT2D eigenvalue weighted by atomic mass is 16.5. The van der Waals surface area contributed by atoms with Gasteiger partial charge in [0.2, 0.25) is 11.7 Å². The molecule has 41 heavy (non-hydrogen) atoms. The number of hydrogen-bond donors (Lipinski definition) is 8. The van der Waals surface area contributed by atoms with Crippen LogP contribution in [0.2, 0.25) is 0 Å². The van der Waals surface area contributed by atoms with Crippen molar-refractivity contribution in [3.8, 4) is 5.75 Å². The number of nitrogens with zero attached hydrogens (tertiary/aromatic N) is 1. The van der Waals surface area contributed by atoms with Gasteiger partial charge in [-0.05, 0) is 31.6 Å². The lowest BCUT2D eigenvalue weighted by atomic mass is 9.54. The van der Waals surface area contributed by atoms with Crippen molar-refractivity contribution in [2.75, 3.05) is 46.2 Å². The van der Waals surface area contributed by atoms with Crippen LogP contribution in [0.3, 0.4) is 0 Å². The van der Waals surface area contributed by atoms with Gasteiger partial charge in [0.1, 0.15) is 22.8 Å². The van der Waals surface area contributed by atoms with Crippen molar-refractivity contribution in [3.63, 3.8) is 0 Å². The Labute approximate surface area is 235 Å². The normalized spacial score (nSPS) is 29.2. The molecule has 14 heteroatoms. The minimum absolute atomic E-state index is 0.0542. The van der Waals surface area contributed by atoms with Gasteiger partial charge in [0.25, 0.3) is 5.91 Å². The molecular weight excluding hydrogens is 540 g/mol. The Balaban J connectivity index is 1.84. The van der Waals surface area contributed by atoms with E-state index in [-0.39, 0.29) is 24.3 Å². The maximum absolute atomic E-state index is 14.0. The first kappa shape index (κ1) is 30.0. The molecular formula is C27H34N4O10. The van der Waals surface area contributed by atoms with Gasteiger partial charge in [-0.1, -0.05) is 13.0 Å². The summed E-state index contributed by atoms with van der Waals surface area (Å²) < 4.78 is 4.87. The molecule has 2 amide bonds. The monoisotopic (exact) mass is 574 g/mol. The van der Waals surface area contributed by atoms with Crippen molar-refractivity contribution in [2.24, 2.45) is 17.6 Å². The van der Waals surface area contributed by atoms with E-state index in [2.05, 4.69) is 10.6 Å². The van der Waals surface area contributed by atoms with Gasteiger partial charge in [-0.3, -0.25) is 24.1 Å². The molecule has 9 N–H and O–H groups in total. The smallest absolute Gasteiger partial charge is 0.255 e. The van der Waals surface area contributed by atoms with Crippen molar-refractivity contribution in [1.82, 2.24) is 10.2 Å². The van der Waals surface area contributed by atoms with E-state index in [9.17, 15) is 44.7 Å². The first-order chi connectivity index (χ1) is 19.2. The first-order valence-electron chi connectivity index (χ1n) is 12.9. The van der Waals surface area contributed by atoms with Gasteiger partial charge in [-0.2, -0.15) is 0 Å². The summed E-state index contributed by atoms with van der Waals surface area (Å²) in [6.45, 7) is 1.97. The SMILES string of the molecule is COCCNC(=O)CNc1ccc2c(c1O)C(O)=C1C(=O)[C@@]3(O)C(O)=C(C(N)=O)C(=O)[C@@H](N(C)C)[C@H]3[C@H](O)[C@H]1[C@@H]2C. The quantitative estimate of drug-likeness (QED) is 0.103. The summed E-state index contributed by atoms with van der Waals surface area (Å²) in [6.07, 6.45) is -1.68. The maximum atomic E-state index is 14.0. The van der Waals surface area contributed by atoms with Crippen molar-refractivity contribution < 1.29 is 49.4 Å². The molecule has 3 aliphatic carbocycles. The van der Waals surface area contributed by atoms with Crippen molar-refractivity contribution in [2.45, 2.75) is 30.6 Å². The summed E-state index contributed by atoms with van der Waals surface area (Å²) in [5, 5.41) is 62.1. The molecule has 0 heterocycles. The van der Waals surface area contributed by atoms with Crippen LogP contribution in [0.5, 0.6) is 5.75 Å². The number of phenolic OH excluding ortho intramolecular Hbond substituents is 1. The van der Waals surface area contributed by atoms with Crippen LogP contribution >= 0.6 is 0 Å². The molecule has 6 atom stereocenters. The summed E-state index contributed by atoms with van der Waals surface area (Å²) in [5.41, 5.74) is 1.08. The summed E-state index contributed by atoms with van der Waals surface area (Å²) in [5.74, 6) is -10.1. The molecule has 4 rings (SSSR count). The highest BCUT2D eigenvalue weighted by Gasteiger charge is 2.68. The number of amides is 2. The number of fused-ring (bicyclic) bond motifs is 3. The number of rotatable bonds is 8. The molecule has 1 saturated carbocycles. The van der Waals surface area contributed by atoms with Gasteiger partial charge in [0.05, 0.1) is 42.5 Å². The molecule has 14 nitrogen and oxygen atoms in total. The third-order valence-electron chi connectivity index (χ3n) is 8.20. The minimum atomic E-state index is -2.99. The summed E-state index contributed by atoms with van der Waals surface area (Å²) >= 11 is 0. The number of benzene rings is 1. The molecule has 1 aromatic carbocycles. The first-order valence-corrected chi connectivity index (χ1v) is 12.9. The number of nitrogens with one attached hydrogen (secondary N) is 2. The van der Waals surface area contributed by atoms with E-state index < -0.39 is 87.3 Å². The number of likely N-dealkylation sites (N-methyl/N-ethyl adjacent to an activating group) is 1. The average Bonchev–Trinajstić information content (AvgIpc) is 2.90. The standard InChI is InChI=1S/C27H34N4O10/c1-10-11-5-6-12(30-9-13(32)29-7-8-41-4)20(33)15(11)21(34)16-14(10)22(35)18-19(31(2)3)23(36)17(26(28)39)25(38)27(18,40)24(16)37/h5-6,10,14,18-19,22,30,33-35,38,40H,7-9H2,1-4H3,(H2,28,39)(H,29,32)/t10-,14+,18+,19+,22-,27-/m1/s1. The topological polar surface area (TPSA) is 232 Å². The van der Waals surface area contributed by atoms with E-state index in [1.54, 1.807) is 13.0 Å². The Hall–Kier alpha value is -3.98. The molecule has 0 bridgehead atoms.